The molecule has 1 amide bonds. The van der Waals surface area contributed by atoms with E-state index in [0.717, 1.165) is 18.4 Å². The molecule has 2 aromatic rings. The molecule has 0 fully saturated rings. The van der Waals surface area contributed by atoms with Crippen LogP contribution >= 0.6 is 24.2 Å². The zero-order valence-electron chi connectivity index (χ0n) is 20.2. The second-order valence-corrected chi connectivity index (χ2v) is 6.80. The van der Waals surface area contributed by atoms with Crippen molar-refractivity contribution in [1.29, 1.82) is 0 Å². The molecule has 0 aliphatic heterocycles. The lowest BCUT2D eigenvalue weighted by Gasteiger charge is -2.09. The Labute approximate surface area is 208 Å². The standard InChI is InChI=1S/C22H25ClN2O4.C2H6.CH4S/c1-4-6-16-9-11-19(18(23)13-16)29-20-12-10-17(14-24-20)8-7-15(3)25-21(26)22(27)28-5-2;2*1-2/h7-15H,4-6H2,1-3H3,(H,25,26);1-2H3;2H,1H3/b8-7+;;/t15-;;/m0../s1. The fraction of sp³-hybridized carbons (Fsp3) is 0.400. The second-order valence-electron chi connectivity index (χ2n) is 6.39. The van der Waals surface area contributed by atoms with Gasteiger partial charge >= 0.3 is 11.9 Å². The lowest BCUT2D eigenvalue weighted by molar-refractivity contribution is -0.154. The van der Waals surface area contributed by atoms with Gasteiger partial charge in [0.2, 0.25) is 5.88 Å². The molecule has 0 aliphatic carbocycles. The average Bonchev–Trinajstić information content (AvgIpc) is 2.83. The van der Waals surface area contributed by atoms with Gasteiger partial charge in [0.25, 0.3) is 0 Å². The van der Waals surface area contributed by atoms with Crippen LogP contribution in [0.5, 0.6) is 11.6 Å². The molecule has 8 heteroatoms. The highest BCUT2D eigenvalue weighted by atomic mass is 35.5. The van der Waals surface area contributed by atoms with Gasteiger partial charge in [-0.3, -0.25) is 4.79 Å². The number of nitrogens with zero attached hydrogens (tertiary/aromatic N) is 1. The first-order valence-electron chi connectivity index (χ1n) is 11.0. The highest BCUT2D eigenvalue weighted by molar-refractivity contribution is 7.79. The van der Waals surface area contributed by atoms with Crippen LogP contribution in [0.3, 0.4) is 0 Å². The molecule has 1 atom stereocenters. The van der Waals surface area contributed by atoms with Gasteiger partial charge in [-0.15, -0.1) is 0 Å². The molecule has 0 bridgehead atoms. The fourth-order valence-corrected chi connectivity index (χ4v) is 2.74. The number of ether oxygens (including phenoxy) is 2. The number of thiol groups is 1. The van der Waals surface area contributed by atoms with Crippen LogP contribution in [0.25, 0.3) is 6.08 Å². The number of nitrogens with one attached hydrogen (secondary N) is 1. The van der Waals surface area contributed by atoms with Gasteiger partial charge in [0.05, 0.1) is 11.6 Å². The molecule has 0 radical (unpaired) electrons. The third-order valence-corrected chi connectivity index (χ3v) is 4.20. The zero-order valence-corrected chi connectivity index (χ0v) is 21.9. The Hall–Kier alpha value is -2.51. The van der Waals surface area contributed by atoms with E-state index in [2.05, 4.69) is 34.6 Å². The Morgan fingerprint density at radius 1 is 1.18 bits per heavy atom. The first-order chi connectivity index (χ1) is 15.9. The van der Waals surface area contributed by atoms with E-state index in [1.807, 2.05) is 38.1 Å². The molecule has 0 aliphatic rings. The van der Waals surface area contributed by atoms with Crippen molar-refractivity contribution in [3.8, 4) is 11.6 Å². The molecule has 182 valence electrons. The highest BCUT2D eigenvalue weighted by Crippen LogP contribution is 2.29. The summed E-state index contributed by atoms with van der Waals surface area (Å²) in [4.78, 5) is 27.2. The van der Waals surface area contributed by atoms with Crippen molar-refractivity contribution in [2.45, 2.75) is 53.5 Å². The molecular formula is C25H35ClN2O4S. The van der Waals surface area contributed by atoms with Crippen molar-refractivity contribution < 1.29 is 19.1 Å². The Morgan fingerprint density at radius 2 is 1.88 bits per heavy atom. The minimum atomic E-state index is -0.891. The normalized spacial score (nSPS) is 10.8. The molecule has 0 saturated carbocycles. The van der Waals surface area contributed by atoms with Gasteiger partial charge in [0, 0.05) is 18.3 Å². The number of esters is 1. The van der Waals surface area contributed by atoms with Gasteiger partial charge in [-0.1, -0.05) is 57.0 Å². The van der Waals surface area contributed by atoms with E-state index in [1.165, 1.54) is 5.56 Å². The van der Waals surface area contributed by atoms with Crippen LogP contribution in [0.1, 0.15) is 52.2 Å². The summed E-state index contributed by atoms with van der Waals surface area (Å²) in [6.45, 7) is 9.67. The summed E-state index contributed by atoms with van der Waals surface area (Å²) < 4.78 is 10.4. The van der Waals surface area contributed by atoms with Crippen molar-refractivity contribution in [2.75, 3.05) is 12.9 Å². The van der Waals surface area contributed by atoms with Gasteiger partial charge in [-0.25, -0.2) is 9.78 Å². The van der Waals surface area contributed by atoms with E-state index >= 15 is 0 Å². The van der Waals surface area contributed by atoms with Crippen molar-refractivity contribution in [1.82, 2.24) is 10.3 Å². The Kier molecular flexibility index (Phi) is 16.6. The Bertz CT molecular complexity index is 873. The zero-order chi connectivity index (χ0) is 25.2. The molecule has 6 nitrogen and oxygen atoms in total. The average molecular weight is 495 g/mol. The predicted molar refractivity (Wildman–Crippen MR) is 139 cm³/mol. The molecule has 1 aromatic heterocycles. The van der Waals surface area contributed by atoms with E-state index in [4.69, 9.17) is 16.3 Å². The summed E-state index contributed by atoms with van der Waals surface area (Å²) >= 11 is 9.81. The van der Waals surface area contributed by atoms with Crippen LogP contribution in [0, 0.1) is 0 Å². The van der Waals surface area contributed by atoms with Gasteiger partial charge < -0.3 is 14.8 Å². The van der Waals surface area contributed by atoms with Crippen molar-refractivity contribution >= 4 is 42.2 Å². The fourth-order valence-electron chi connectivity index (χ4n) is 2.50. The molecule has 2 rings (SSSR count). The van der Waals surface area contributed by atoms with Crippen LogP contribution < -0.4 is 10.1 Å². The molecule has 1 heterocycles. The summed E-state index contributed by atoms with van der Waals surface area (Å²) in [6, 6.07) is 8.97. The van der Waals surface area contributed by atoms with E-state index < -0.39 is 11.9 Å². The number of pyridine rings is 1. The van der Waals surface area contributed by atoms with Crippen LogP contribution in [0.2, 0.25) is 5.02 Å². The number of rotatable bonds is 8. The second kappa shape index (κ2) is 18.0. The number of hydrogen-bond acceptors (Lipinski definition) is 6. The minimum absolute atomic E-state index is 0.157. The summed E-state index contributed by atoms with van der Waals surface area (Å²) in [6.07, 6.45) is 8.90. The van der Waals surface area contributed by atoms with Crippen LogP contribution in [-0.4, -0.2) is 35.8 Å². The predicted octanol–water partition coefficient (Wildman–Crippen LogP) is 6.13. The van der Waals surface area contributed by atoms with Crippen LogP contribution in [0.15, 0.2) is 42.6 Å². The first-order valence-corrected chi connectivity index (χ1v) is 12.2. The third-order valence-electron chi connectivity index (χ3n) is 3.91. The SMILES string of the molecule is CC.CCCc1ccc(Oc2ccc(/C=C/[C@H](C)NC(=O)C(=O)OCC)cn2)c(Cl)c1.CS. The van der Waals surface area contributed by atoms with E-state index in [0.29, 0.717) is 16.7 Å². The van der Waals surface area contributed by atoms with Crippen molar-refractivity contribution in [3.05, 3.63) is 58.8 Å². The van der Waals surface area contributed by atoms with Gasteiger partial charge in [0.15, 0.2) is 0 Å². The summed E-state index contributed by atoms with van der Waals surface area (Å²) in [5.41, 5.74) is 1.99. The summed E-state index contributed by atoms with van der Waals surface area (Å²) in [7, 11) is 0. The Morgan fingerprint density at radius 3 is 2.42 bits per heavy atom. The molecule has 0 saturated heterocycles. The molecule has 1 aromatic carbocycles. The van der Waals surface area contributed by atoms with Crippen molar-refractivity contribution in [2.24, 2.45) is 0 Å². The number of benzene rings is 1. The maximum atomic E-state index is 11.6. The number of amides is 1. The molecule has 33 heavy (non-hydrogen) atoms. The monoisotopic (exact) mass is 494 g/mol. The molecule has 1 N–H and O–H groups in total. The first kappa shape index (κ1) is 30.5. The maximum Gasteiger partial charge on any atom is 0.396 e. The number of aryl methyl sites for hydroxylation is 1. The van der Waals surface area contributed by atoms with E-state index in [-0.39, 0.29) is 12.6 Å². The molecule has 0 spiro atoms. The van der Waals surface area contributed by atoms with Crippen molar-refractivity contribution in [3.63, 3.8) is 0 Å². The smallest absolute Gasteiger partial charge is 0.396 e. The molecular weight excluding hydrogens is 460 g/mol. The third kappa shape index (κ3) is 11.8. The molecule has 0 unspecified atom stereocenters. The number of aromatic nitrogens is 1. The van der Waals surface area contributed by atoms with E-state index in [1.54, 1.807) is 44.5 Å². The summed E-state index contributed by atoms with van der Waals surface area (Å²) in [5, 5.41) is 3.09. The van der Waals surface area contributed by atoms with Crippen LogP contribution in [0.4, 0.5) is 0 Å². The van der Waals surface area contributed by atoms with Gasteiger partial charge in [0.1, 0.15) is 5.75 Å². The lowest BCUT2D eigenvalue weighted by atomic mass is 10.1. The highest BCUT2D eigenvalue weighted by Gasteiger charge is 2.15. The summed E-state index contributed by atoms with van der Waals surface area (Å²) in [5.74, 6) is -0.682. The number of halogens is 1. The number of carbonyl (C=O) groups excluding carboxylic acids is 2. The Balaban J connectivity index is 0.00000242. The quantitative estimate of drug-likeness (QED) is 0.262. The topological polar surface area (TPSA) is 77.5 Å². The maximum absolute atomic E-state index is 11.6. The van der Waals surface area contributed by atoms with Gasteiger partial charge in [-0.05, 0) is 55.9 Å². The number of hydrogen-bond donors (Lipinski definition) is 2. The minimum Gasteiger partial charge on any atom is -0.459 e. The number of carbonyl (C=O) groups is 2. The van der Waals surface area contributed by atoms with E-state index in [9.17, 15) is 9.59 Å². The largest absolute Gasteiger partial charge is 0.459 e. The lowest BCUT2D eigenvalue weighted by Crippen LogP contribution is -2.37. The van der Waals surface area contributed by atoms with Crippen LogP contribution in [-0.2, 0) is 20.7 Å². The van der Waals surface area contributed by atoms with Gasteiger partial charge in [-0.2, -0.15) is 12.6 Å².